The first-order valence-corrected chi connectivity index (χ1v) is 6.32. The van der Waals surface area contributed by atoms with Gasteiger partial charge < -0.3 is 10.4 Å². The highest BCUT2D eigenvalue weighted by molar-refractivity contribution is 6.33. The summed E-state index contributed by atoms with van der Waals surface area (Å²) in [5.74, 6) is -1.07. The highest BCUT2D eigenvalue weighted by Crippen LogP contribution is 2.31. The fourth-order valence-electron chi connectivity index (χ4n) is 1.85. The summed E-state index contributed by atoms with van der Waals surface area (Å²) in [5, 5.41) is 23.0. The standard InChI is InChI=1S/C14H11ClN2O4/c1-8-11(3-2-4-13(8)17(20)21)16-12-6-5-9(14(18)19)7-10(12)15/h2-7,16H,1H3,(H,18,19). The van der Waals surface area contributed by atoms with Gasteiger partial charge in [0.25, 0.3) is 5.69 Å². The Morgan fingerprint density at radius 1 is 1.29 bits per heavy atom. The van der Waals surface area contributed by atoms with Gasteiger partial charge in [-0.05, 0) is 31.2 Å². The number of carboxylic acid groups (broad SMARTS) is 1. The molecular weight excluding hydrogens is 296 g/mol. The molecule has 2 aromatic carbocycles. The molecule has 2 rings (SSSR count). The number of benzene rings is 2. The predicted molar refractivity (Wildman–Crippen MR) is 79.5 cm³/mol. The number of anilines is 2. The average molecular weight is 307 g/mol. The molecule has 108 valence electrons. The molecule has 0 heterocycles. The first kappa shape index (κ1) is 14.8. The molecule has 7 heteroatoms. The van der Waals surface area contributed by atoms with Gasteiger partial charge in [-0.15, -0.1) is 0 Å². The van der Waals surface area contributed by atoms with Crippen LogP contribution in [0.3, 0.4) is 0 Å². The van der Waals surface area contributed by atoms with E-state index >= 15 is 0 Å². The molecule has 21 heavy (non-hydrogen) atoms. The van der Waals surface area contributed by atoms with Crippen molar-refractivity contribution in [2.45, 2.75) is 6.92 Å². The summed E-state index contributed by atoms with van der Waals surface area (Å²) < 4.78 is 0. The number of hydrogen-bond donors (Lipinski definition) is 2. The molecule has 0 aliphatic heterocycles. The third kappa shape index (κ3) is 3.11. The number of nitro groups is 1. The second-order valence-electron chi connectivity index (χ2n) is 4.33. The van der Waals surface area contributed by atoms with Crippen LogP contribution in [0, 0.1) is 17.0 Å². The minimum absolute atomic E-state index is 0.00159. The Kier molecular flexibility index (Phi) is 4.09. The van der Waals surface area contributed by atoms with Gasteiger partial charge in [-0.3, -0.25) is 10.1 Å². The molecule has 0 bridgehead atoms. The average Bonchev–Trinajstić information content (AvgIpc) is 2.42. The van der Waals surface area contributed by atoms with Crippen molar-refractivity contribution in [3.63, 3.8) is 0 Å². The van der Waals surface area contributed by atoms with Crippen molar-refractivity contribution in [3.05, 3.63) is 62.7 Å². The van der Waals surface area contributed by atoms with E-state index in [2.05, 4.69) is 5.32 Å². The number of rotatable bonds is 4. The molecule has 0 aromatic heterocycles. The Hall–Kier alpha value is -2.60. The van der Waals surface area contributed by atoms with Gasteiger partial charge >= 0.3 is 5.97 Å². The van der Waals surface area contributed by atoms with Crippen LogP contribution in [0.2, 0.25) is 5.02 Å². The van der Waals surface area contributed by atoms with Crippen LogP contribution in [0.1, 0.15) is 15.9 Å². The number of aromatic carboxylic acids is 1. The van der Waals surface area contributed by atoms with E-state index in [1.165, 1.54) is 24.3 Å². The van der Waals surface area contributed by atoms with Crippen LogP contribution in [0.4, 0.5) is 17.1 Å². The zero-order valence-electron chi connectivity index (χ0n) is 11.0. The van der Waals surface area contributed by atoms with Crippen molar-refractivity contribution in [3.8, 4) is 0 Å². The third-order valence-electron chi connectivity index (χ3n) is 2.99. The van der Waals surface area contributed by atoms with Crippen LogP contribution < -0.4 is 5.32 Å². The zero-order valence-corrected chi connectivity index (χ0v) is 11.7. The number of nitrogens with one attached hydrogen (secondary N) is 1. The molecule has 0 aliphatic rings. The van der Waals surface area contributed by atoms with E-state index in [1.807, 2.05) is 0 Å². The van der Waals surface area contributed by atoms with E-state index in [9.17, 15) is 14.9 Å². The van der Waals surface area contributed by atoms with E-state index in [0.29, 0.717) is 16.9 Å². The van der Waals surface area contributed by atoms with Crippen molar-refractivity contribution in [1.29, 1.82) is 0 Å². The van der Waals surface area contributed by atoms with Crippen LogP contribution >= 0.6 is 11.6 Å². The molecule has 2 N–H and O–H groups in total. The minimum atomic E-state index is -1.07. The Bertz CT molecular complexity index is 731. The largest absolute Gasteiger partial charge is 0.478 e. The fraction of sp³-hybridized carbons (Fsp3) is 0.0714. The summed E-state index contributed by atoms with van der Waals surface area (Å²) in [6.07, 6.45) is 0. The molecule has 0 amide bonds. The summed E-state index contributed by atoms with van der Waals surface area (Å²) in [7, 11) is 0. The molecule has 0 unspecified atom stereocenters. The van der Waals surface area contributed by atoms with E-state index in [0.717, 1.165) is 0 Å². The highest BCUT2D eigenvalue weighted by atomic mass is 35.5. The Balaban J connectivity index is 2.37. The summed E-state index contributed by atoms with van der Waals surface area (Å²) in [6, 6.07) is 8.90. The molecule has 0 fully saturated rings. The van der Waals surface area contributed by atoms with Crippen LogP contribution in [0.25, 0.3) is 0 Å². The number of nitrogens with zero attached hydrogens (tertiary/aromatic N) is 1. The Morgan fingerprint density at radius 3 is 2.57 bits per heavy atom. The Labute approximate surface area is 125 Å². The van der Waals surface area contributed by atoms with Crippen LogP contribution in [0.15, 0.2) is 36.4 Å². The molecule has 6 nitrogen and oxygen atoms in total. The lowest BCUT2D eigenvalue weighted by molar-refractivity contribution is -0.385. The van der Waals surface area contributed by atoms with Gasteiger partial charge in [-0.2, -0.15) is 0 Å². The van der Waals surface area contributed by atoms with E-state index in [4.69, 9.17) is 16.7 Å². The first-order chi connectivity index (χ1) is 9.90. The van der Waals surface area contributed by atoms with Crippen molar-refractivity contribution >= 4 is 34.6 Å². The van der Waals surface area contributed by atoms with Crippen LogP contribution in [-0.2, 0) is 0 Å². The molecular formula is C14H11ClN2O4. The predicted octanol–water partition coefficient (Wildman–Crippen LogP) is 4.00. The van der Waals surface area contributed by atoms with Gasteiger partial charge in [-0.1, -0.05) is 17.7 Å². The summed E-state index contributed by atoms with van der Waals surface area (Å²) >= 11 is 6.02. The van der Waals surface area contributed by atoms with Crippen molar-refractivity contribution in [2.75, 3.05) is 5.32 Å². The topological polar surface area (TPSA) is 92.5 Å². The quantitative estimate of drug-likeness (QED) is 0.658. The van der Waals surface area contributed by atoms with Crippen molar-refractivity contribution in [1.82, 2.24) is 0 Å². The zero-order chi connectivity index (χ0) is 15.6. The second kappa shape index (κ2) is 5.80. The van der Waals surface area contributed by atoms with Crippen LogP contribution in [0.5, 0.6) is 0 Å². The molecule has 0 radical (unpaired) electrons. The van der Waals surface area contributed by atoms with Crippen LogP contribution in [-0.4, -0.2) is 16.0 Å². The lowest BCUT2D eigenvalue weighted by atomic mass is 10.1. The normalized spacial score (nSPS) is 10.2. The lowest BCUT2D eigenvalue weighted by Gasteiger charge is -2.11. The number of hydrogen-bond acceptors (Lipinski definition) is 4. The number of carboxylic acids is 1. The highest BCUT2D eigenvalue weighted by Gasteiger charge is 2.14. The summed E-state index contributed by atoms with van der Waals surface area (Å²) in [6.45, 7) is 1.62. The molecule has 0 saturated carbocycles. The minimum Gasteiger partial charge on any atom is -0.478 e. The maximum atomic E-state index is 10.9. The van der Waals surface area contributed by atoms with Crippen molar-refractivity contribution in [2.24, 2.45) is 0 Å². The number of carbonyl (C=O) groups is 1. The van der Waals surface area contributed by atoms with Crippen molar-refractivity contribution < 1.29 is 14.8 Å². The monoisotopic (exact) mass is 306 g/mol. The van der Waals surface area contributed by atoms with Gasteiger partial charge in [0.15, 0.2) is 0 Å². The molecule has 0 saturated heterocycles. The number of halogens is 1. The lowest BCUT2D eigenvalue weighted by Crippen LogP contribution is -2.00. The van der Waals surface area contributed by atoms with E-state index in [1.54, 1.807) is 19.1 Å². The van der Waals surface area contributed by atoms with E-state index in [-0.39, 0.29) is 16.3 Å². The summed E-state index contributed by atoms with van der Waals surface area (Å²) in [4.78, 5) is 21.3. The number of nitro benzene ring substituents is 1. The van der Waals surface area contributed by atoms with Gasteiger partial charge in [-0.25, -0.2) is 4.79 Å². The van der Waals surface area contributed by atoms with Gasteiger partial charge in [0.2, 0.25) is 0 Å². The Morgan fingerprint density at radius 2 is 2.00 bits per heavy atom. The van der Waals surface area contributed by atoms with Gasteiger partial charge in [0.05, 0.1) is 26.8 Å². The maximum absolute atomic E-state index is 10.9. The SMILES string of the molecule is Cc1c(Nc2ccc(C(=O)O)cc2Cl)cccc1[N+](=O)[O-]. The third-order valence-corrected chi connectivity index (χ3v) is 3.30. The molecule has 2 aromatic rings. The van der Waals surface area contributed by atoms with Gasteiger partial charge in [0, 0.05) is 11.8 Å². The fourth-order valence-corrected chi connectivity index (χ4v) is 2.08. The molecule has 0 spiro atoms. The molecule has 0 atom stereocenters. The first-order valence-electron chi connectivity index (χ1n) is 5.94. The maximum Gasteiger partial charge on any atom is 0.335 e. The van der Waals surface area contributed by atoms with Gasteiger partial charge in [0.1, 0.15) is 0 Å². The van der Waals surface area contributed by atoms with E-state index < -0.39 is 10.9 Å². The molecule has 0 aliphatic carbocycles. The second-order valence-corrected chi connectivity index (χ2v) is 4.74. The summed E-state index contributed by atoms with van der Waals surface area (Å²) in [5.41, 5.74) is 1.56. The smallest absolute Gasteiger partial charge is 0.335 e.